The van der Waals surface area contributed by atoms with E-state index in [1.54, 1.807) is 0 Å². The zero-order valence-electron chi connectivity index (χ0n) is 9.07. The van der Waals surface area contributed by atoms with E-state index < -0.39 is 0 Å². The van der Waals surface area contributed by atoms with Gasteiger partial charge in [0, 0.05) is 0 Å². The van der Waals surface area contributed by atoms with Crippen LogP contribution in [-0.4, -0.2) is 6.10 Å². The summed E-state index contributed by atoms with van der Waals surface area (Å²) in [5.41, 5.74) is 1.25. The largest absolute Gasteiger partial charge is 0.373 e. The molecule has 1 atom stereocenters. The third-order valence-electron chi connectivity index (χ3n) is 2.25. The Labute approximate surface area is 87.1 Å². The summed E-state index contributed by atoms with van der Waals surface area (Å²) >= 11 is 0. The summed E-state index contributed by atoms with van der Waals surface area (Å²) in [6, 6.07) is 10.3. The van der Waals surface area contributed by atoms with Crippen LogP contribution < -0.4 is 0 Å². The summed E-state index contributed by atoms with van der Waals surface area (Å²) < 4.78 is 5.76. The Bertz CT molecular complexity index is 230. The van der Waals surface area contributed by atoms with E-state index in [2.05, 4.69) is 32.4 Å². The van der Waals surface area contributed by atoms with Crippen LogP contribution in [0.25, 0.3) is 0 Å². The fraction of sp³-hybridized carbons (Fsp3) is 0.462. The van der Waals surface area contributed by atoms with E-state index in [1.807, 2.05) is 18.2 Å². The Morgan fingerprint density at radius 1 is 1.29 bits per heavy atom. The SMILES string of the molecule is C[CH]C(CCC)OCc1ccccc1. The average Bonchev–Trinajstić information content (AvgIpc) is 2.25. The molecule has 0 N–H and O–H groups in total. The smallest absolute Gasteiger partial charge is 0.0720 e. The molecule has 0 heterocycles. The fourth-order valence-corrected chi connectivity index (χ4v) is 1.41. The average molecular weight is 191 g/mol. The van der Waals surface area contributed by atoms with Gasteiger partial charge in [-0.25, -0.2) is 0 Å². The Morgan fingerprint density at radius 3 is 2.57 bits per heavy atom. The van der Waals surface area contributed by atoms with Gasteiger partial charge in [0.25, 0.3) is 0 Å². The topological polar surface area (TPSA) is 9.23 Å². The minimum absolute atomic E-state index is 0.306. The van der Waals surface area contributed by atoms with E-state index >= 15 is 0 Å². The standard InChI is InChI=1S/C13H19O/c1-3-8-13(4-2)14-11-12-9-6-5-7-10-12/h4-7,9-10,13H,3,8,11H2,1-2H3. The maximum atomic E-state index is 5.76. The molecular formula is C13H19O. The lowest BCUT2D eigenvalue weighted by molar-refractivity contribution is 0.0560. The van der Waals surface area contributed by atoms with Crippen molar-refractivity contribution in [3.63, 3.8) is 0 Å². The van der Waals surface area contributed by atoms with E-state index in [4.69, 9.17) is 4.74 Å². The molecule has 0 aliphatic carbocycles. The van der Waals surface area contributed by atoms with Crippen LogP contribution in [0, 0.1) is 6.42 Å². The van der Waals surface area contributed by atoms with Gasteiger partial charge in [0.15, 0.2) is 0 Å². The molecule has 1 unspecified atom stereocenters. The van der Waals surface area contributed by atoms with Crippen molar-refractivity contribution >= 4 is 0 Å². The lowest BCUT2D eigenvalue weighted by Gasteiger charge is -2.14. The molecule has 0 aromatic heterocycles. The van der Waals surface area contributed by atoms with E-state index in [0.717, 1.165) is 13.0 Å². The molecule has 0 amide bonds. The van der Waals surface area contributed by atoms with Crippen LogP contribution in [0.1, 0.15) is 32.3 Å². The van der Waals surface area contributed by atoms with E-state index in [9.17, 15) is 0 Å². The van der Waals surface area contributed by atoms with Crippen molar-refractivity contribution in [2.45, 2.75) is 39.4 Å². The first-order valence-electron chi connectivity index (χ1n) is 5.31. The van der Waals surface area contributed by atoms with Gasteiger partial charge in [-0.15, -0.1) is 0 Å². The molecule has 1 rings (SSSR count). The van der Waals surface area contributed by atoms with Crippen molar-refractivity contribution in [3.05, 3.63) is 42.3 Å². The quantitative estimate of drug-likeness (QED) is 0.667. The normalized spacial score (nSPS) is 12.7. The summed E-state index contributed by atoms with van der Waals surface area (Å²) in [6.07, 6.45) is 4.72. The molecule has 1 heteroatoms. The summed E-state index contributed by atoms with van der Waals surface area (Å²) in [6.45, 7) is 4.96. The van der Waals surface area contributed by atoms with E-state index in [0.29, 0.717) is 6.10 Å². The molecule has 14 heavy (non-hydrogen) atoms. The van der Waals surface area contributed by atoms with E-state index in [-0.39, 0.29) is 0 Å². The highest BCUT2D eigenvalue weighted by Gasteiger charge is 2.04. The van der Waals surface area contributed by atoms with Gasteiger partial charge < -0.3 is 4.74 Å². The molecule has 1 nitrogen and oxygen atoms in total. The second-order valence-corrected chi connectivity index (χ2v) is 3.46. The molecule has 0 bridgehead atoms. The first kappa shape index (κ1) is 11.3. The Morgan fingerprint density at radius 2 is 2.00 bits per heavy atom. The van der Waals surface area contributed by atoms with Crippen molar-refractivity contribution in [1.29, 1.82) is 0 Å². The minimum Gasteiger partial charge on any atom is -0.373 e. The van der Waals surface area contributed by atoms with Crippen molar-refractivity contribution in [1.82, 2.24) is 0 Å². The van der Waals surface area contributed by atoms with Crippen LogP contribution in [0.15, 0.2) is 30.3 Å². The van der Waals surface area contributed by atoms with Gasteiger partial charge >= 0.3 is 0 Å². The highest BCUT2D eigenvalue weighted by Crippen LogP contribution is 2.09. The van der Waals surface area contributed by atoms with Gasteiger partial charge in [-0.1, -0.05) is 50.6 Å². The van der Waals surface area contributed by atoms with Gasteiger partial charge in [0.2, 0.25) is 0 Å². The second-order valence-electron chi connectivity index (χ2n) is 3.46. The Kier molecular flexibility index (Phi) is 5.31. The summed E-state index contributed by atoms with van der Waals surface area (Å²) in [7, 11) is 0. The monoisotopic (exact) mass is 191 g/mol. The van der Waals surface area contributed by atoms with Gasteiger partial charge in [-0.3, -0.25) is 0 Å². The third-order valence-corrected chi connectivity index (χ3v) is 2.25. The highest BCUT2D eigenvalue weighted by atomic mass is 16.5. The lowest BCUT2D eigenvalue weighted by atomic mass is 10.1. The second kappa shape index (κ2) is 6.61. The molecule has 1 radical (unpaired) electrons. The molecule has 1 aromatic carbocycles. The highest BCUT2D eigenvalue weighted by molar-refractivity contribution is 5.13. The van der Waals surface area contributed by atoms with Crippen LogP contribution in [0.3, 0.4) is 0 Å². The summed E-state index contributed by atoms with van der Waals surface area (Å²) in [5.74, 6) is 0. The molecule has 0 aliphatic heterocycles. The third kappa shape index (κ3) is 3.93. The molecule has 77 valence electrons. The van der Waals surface area contributed by atoms with Crippen molar-refractivity contribution in [2.24, 2.45) is 0 Å². The predicted molar refractivity (Wildman–Crippen MR) is 59.9 cm³/mol. The summed E-state index contributed by atoms with van der Waals surface area (Å²) in [5, 5.41) is 0. The van der Waals surface area contributed by atoms with Crippen molar-refractivity contribution < 1.29 is 4.74 Å². The number of hydrogen-bond acceptors (Lipinski definition) is 1. The van der Waals surface area contributed by atoms with Crippen LogP contribution in [-0.2, 0) is 11.3 Å². The number of hydrogen-bond donors (Lipinski definition) is 0. The molecule has 1 aromatic rings. The van der Waals surface area contributed by atoms with Gasteiger partial charge in [0.1, 0.15) is 0 Å². The van der Waals surface area contributed by atoms with Crippen LogP contribution >= 0.6 is 0 Å². The Hall–Kier alpha value is -0.820. The first-order valence-corrected chi connectivity index (χ1v) is 5.31. The molecular weight excluding hydrogens is 172 g/mol. The van der Waals surface area contributed by atoms with Crippen LogP contribution in [0.5, 0.6) is 0 Å². The zero-order chi connectivity index (χ0) is 10.2. The first-order chi connectivity index (χ1) is 6.86. The van der Waals surface area contributed by atoms with E-state index in [1.165, 1.54) is 12.0 Å². The van der Waals surface area contributed by atoms with Crippen LogP contribution in [0.2, 0.25) is 0 Å². The molecule has 0 saturated carbocycles. The van der Waals surface area contributed by atoms with Gasteiger partial charge in [-0.05, 0) is 18.4 Å². The maximum Gasteiger partial charge on any atom is 0.0720 e. The van der Waals surface area contributed by atoms with Gasteiger partial charge in [-0.2, -0.15) is 0 Å². The summed E-state index contributed by atoms with van der Waals surface area (Å²) in [4.78, 5) is 0. The van der Waals surface area contributed by atoms with Gasteiger partial charge in [0.05, 0.1) is 12.7 Å². The van der Waals surface area contributed by atoms with Crippen molar-refractivity contribution in [3.8, 4) is 0 Å². The fourth-order valence-electron chi connectivity index (χ4n) is 1.41. The molecule has 0 fully saturated rings. The number of rotatable bonds is 6. The van der Waals surface area contributed by atoms with Crippen LogP contribution in [0.4, 0.5) is 0 Å². The number of benzene rings is 1. The molecule has 0 saturated heterocycles. The van der Waals surface area contributed by atoms with Crippen molar-refractivity contribution in [2.75, 3.05) is 0 Å². The maximum absolute atomic E-state index is 5.76. The lowest BCUT2D eigenvalue weighted by Crippen LogP contribution is -2.11. The zero-order valence-corrected chi connectivity index (χ0v) is 9.07. The molecule has 0 aliphatic rings. The number of ether oxygens (including phenoxy) is 1. The predicted octanol–water partition coefficient (Wildman–Crippen LogP) is 3.60. The minimum atomic E-state index is 0.306. The Balaban J connectivity index is 2.32. The molecule has 0 spiro atoms.